The molecular formula is C9H11O4. The van der Waals surface area contributed by atoms with E-state index in [1.54, 1.807) is 6.92 Å². The highest BCUT2D eigenvalue weighted by Crippen LogP contribution is 2.08. The first-order chi connectivity index (χ1) is 6.20. The molecule has 0 aliphatic carbocycles. The van der Waals surface area contributed by atoms with E-state index in [1.807, 2.05) is 0 Å². The molecule has 1 fully saturated rings. The Morgan fingerprint density at radius 3 is 3.08 bits per heavy atom. The van der Waals surface area contributed by atoms with Crippen LogP contribution in [0.25, 0.3) is 0 Å². The predicted molar refractivity (Wildman–Crippen MR) is 44.4 cm³/mol. The molecule has 1 aliphatic rings. The number of rotatable bonds is 5. The number of carbonyl (C=O) groups is 1. The molecule has 0 aromatic carbocycles. The molecule has 1 saturated heterocycles. The van der Waals surface area contributed by atoms with Crippen molar-refractivity contribution in [3.05, 3.63) is 24.7 Å². The van der Waals surface area contributed by atoms with Gasteiger partial charge in [-0.3, -0.25) is 0 Å². The summed E-state index contributed by atoms with van der Waals surface area (Å²) in [6.07, 6.45) is 3.60. The molecule has 4 nitrogen and oxygen atoms in total. The van der Waals surface area contributed by atoms with E-state index in [0.29, 0.717) is 12.2 Å². The summed E-state index contributed by atoms with van der Waals surface area (Å²) in [5.74, 6) is -0.487. The Morgan fingerprint density at radius 2 is 2.54 bits per heavy atom. The fourth-order valence-electron chi connectivity index (χ4n) is 0.518. The monoisotopic (exact) mass is 183 g/mol. The first kappa shape index (κ1) is 9.80. The number of esters is 1. The average molecular weight is 183 g/mol. The number of hydrogen-bond acceptors (Lipinski definition) is 4. The van der Waals surface area contributed by atoms with Crippen molar-refractivity contribution < 1.29 is 19.0 Å². The summed E-state index contributed by atoms with van der Waals surface area (Å²) in [5, 5.41) is 0. The molecule has 71 valence electrons. The van der Waals surface area contributed by atoms with Crippen LogP contribution in [0.2, 0.25) is 0 Å². The van der Waals surface area contributed by atoms with Gasteiger partial charge in [-0.15, -0.1) is 0 Å². The van der Waals surface area contributed by atoms with Gasteiger partial charge in [0, 0.05) is 5.57 Å². The van der Waals surface area contributed by atoms with Crippen LogP contribution >= 0.6 is 0 Å². The van der Waals surface area contributed by atoms with E-state index < -0.39 is 5.97 Å². The van der Waals surface area contributed by atoms with Gasteiger partial charge in [-0.2, -0.15) is 0 Å². The maximum atomic E-state index is 10.8. The molecule has 0 aromatic rings. The summed E-state index contributed by atoms with van der Waals surface area (Å²) in [7, 11) is 0. The molecule has 1 aliphatic heterocycles. The van der Waals surface area contributed by atoms with E-state index in [-0.39, 0.29) is 6.10 Å². The third-order valence-corrected chi connectivity index (χ3v) is 1.32. The van der Waals surface area contributed by atoms with Gasteiger partial charge in [-0.25, -0.2) is 4.79 Å². The molecule has 0 spiro atoms. The quantitative estimate of drug-likeness (QED) is 0.274. The van der Waals surface area contributed by atoms with E-state index in [1.165, 1.54) is 0 Å². The molecule has 4 heteroatoms. The normalized spacial score (nSPS) is 19.9. The Balaban J connectivity index is 2.02. The molecule has 0 aromatic heterocycles. The van der Waals surface area contributed by atoms with Crippen LogP contribution in [-0.4, -0.2) is 25.3 Å². The lowest BCUT2D eigenvalue weighted by atomic mass is 10.4. The Kier molecular flexibility index (Phi) is 3.52. The summed E-state index contributed by atoms with van der Waals surface area (Å²) >= 11 is 0. The van der Waals surface area contributed by atoms with E-state index >= 15 is 0 Å². The third kappa shape index (κ3) is 4.32. The van der Waals surface area contributed by atoms with Gasteiger partial charge in [0.15, 0.2) is 6.26 Å². The molecule has 13 heavy (non-hydrogen) atoms. The van der Waals surface area contributed by atoms with Gasteiger partial charge < -0.3 is 14.2 Å². The highest BCUT2D eigenvalue weighted by molar-refractivity contribution is 5.87. The van der Waals surface area contributed by atoms with Crippen molar-refractivity contribution in [1.29, 1.82) is 0 Å². The van der Waals surface area contributed by atoms with Crippen LogP contribution in [0.15, 0.2) is 18.4 Å². The van der Waals surface area contributed by atoms with Crippen molar-refractivity contribution in [3.63, 3.8) is 0 Å². The minimum atomic E-state index is -0.487. The molecule has 1 heterocycles. The lowest BCUT2D eigenvalue weighted by molar-refractivity contribution is -0.133. The fraction of sp³-hybridized carbons (Fsp3) is 0.444. The van der Waals surface area contributed by atoms with Crippen molar-refractivity contribution in [2.75, 3.05) is 13.2 Å². The molecule has 1 radical (unpaired) electrons. The molecule has 0 N–H and O–H groups in total. The van der Waals surface area contributed by atoms with Crippen molar-refractivity contribution in [2.45, 2.75) is 13.0 Å². The molecule has 0 bridgehead atoms. The predicted octanol–water partition coefficient (Wildman–Crippen LogP) is 0.795. The molecule has 0 saturated carbocycles. The summed E-state index contributed by atoms with van der Waals surface area (Å²) in [5.41, 5.74) is 0.337. The van der Waals surface area contributed by atoms with Crippen LogP contribution in [-0.2, 0) is 19.0 Å². The second-order valence-electron chi connectivity index (χ2n) is 2.69. The van der Waals surface area contributed by atoms with Crippen LogP contribution < -0.4 is 0 Å². The maximum Gasteiger partial charge on any atom is 0.338 e. The largest absolute Gasteiger partial charge is 0.484 e. The van der Waals surface area contributed by atoms with Gasteiger partial charge in [0.25, 0.3) is 0 Å². The zero-order valence-electron chi connectivity index (χ0n) is 7.41. The standard InChI is InChI=1S/C9H11O4/c1-7(2)9(10)12-4-3-11-5-8-6-13-8/h4,8H,1,5-6H2,2H3. The third-order valence-electron chi connectivity index (χ3n) is 1.32. The summed E-state index contributed by atoms with van der Waals surface area (Å²) < 4.78 is 14.3. The van der Waals surface area contributed by atoms with Crippen LogP contribution in [0.3, 0.4) is 0 Å². The minimum Gasteiger partial charge on any atom is -0.484 e. The smallest absolute Gasteiger partial charge is 0.338 e. The molecule has 0 amide bonds. The van der Waals surface area contributed by atoms with Crippen LogP contribution in [0.1, 0.15) is 6.92 Å². The van der Waals surface area contributed by atoms with Crippen molar-refractivity contribution >= 4 is 5.97 Å². The van der Waals surface area contributed by atoms with Crippen LogP contribution in [0.5, 0.6) is 0 Å². The van der Waals surface area contributed by atoms with E-state index in [0.717, 1.165) is 12.9 Å². The second-order valence-corrected chi connectivity index (χ2v) is 2.69. The number of epoxide rings is 1. The number of hydrogen-bond donors (Lipinski definition) is 0. The van der Waals surface area contributed by atoms with Crippen molar-refractivity contribution in [2.24, 2.45) is 0 Å². The van der Waals surface area contributed by atoms with Crippen LogP contribution in [0.4, 0.5) is 0 Å². The lowest BCUT2D eigenvalue weighted by Gasteiger charge is -1.96. The number of carbonyl (C=O) groups excluding carboxylic acids is 1. The Hall–Kier alpha value is -1.29. The summed E-state index contributed by atoms with van der Waals surface area (Å²) in [6.45, 7) is 6.15. The first-order valence-corrected chi connectivity index (χ1v) is 3.87. The molecular weight excluding hydrogens is 172 g/mol. The second kappa shape index (κ2) is 4.67. The van der Waals surface area contributed by atoms with E-state index in [9.17, 15) is 4.79 Å². The lowest BCUT2D eigenvalue weighted by Crippen LogP contribution is -2.00. The topological polar surface area (TPSA) is 48.1 Å². The van der Waals surface area contributed by atoms with Crippen LogP contribution in [0, 0.1) is 6.26 Å². The highest BCUT2D eigenvalue weighted by Gasteiger charge is 2.22. The Morgan fingerprint density at radius 1 is 1.85 bits per heavy atom. The van der Waals surface area contributed by atoms with Crippen molar-refractivity contribution in [1.82, 2.24) is 0 Å². The van der Waals surface area contributed by atoms with Crippen molar-refractivity contribution in [3.8, 4) is 0 Å². The molecule has 1 rings (SSSR count). The average Bonchev–Trinajstić information content (AvgIpc) is 2.87. The van der Waals surface area contributed by atoms with E-state index in [4.69, 9.17) is 9.47 Å². The SMILES string of the molecule is C=C(C)C(=O)O/C=[C]/OCC1CO1. The number of ether oxygens (including phenoxy) is 3. The van der Waals surface area contributed by atoms with Gasteiger partial charge in [0.05, 0.1) is 6.61 Å². The Bertz CT molecular complexity index is 228. The van der Waals surface area contributed by atoms with Gasteiger partial charge in [-0.05, 0) is 6.92 Å². The zero-order chi connectivity index (χ0) is 9.68. The van der Waals surface area contributed by atoms with Gasteiger partial charge in [0.1, 0.15) is 19.0 Å². The van der Waals surface area contributed by atoms with E-state index in [2.05, 4.69) is 17.6 Å². The first-order valence-electron chi connectivity index (χ1n) is 3.87. The summed E-state index contributed by atoms with van der Waals surface area (Å²) in [4.78, 5) is 10.8. The molecule has 1 unspecified atom stereocenters. The van der Waals surface area contributed by atoms with Gasteiger partial charge in [0.2, 0.25) is 0 Å². The minimum absolute atomic E-state index is 0.178. The maximum absolute atomic E-state index is 10.8. The highest BCUT2D eigenvalue weighted by atomic mass is 16.6. The zero-order valence-corrected chi connectivity index (χ0v) is 7.41. The molecule has 1 atom stereocenters. The Labute approximate surface area is 76.8 Å². The summed E-state index contributed by atoms with van der Waals surface area (Å²) in [6, 6.07) is 0. The van der Waals surface area contributed by atoms with Gasteiger partial charge in [-0.1, -0.05) is 6.58 Å². The fourth-order valence-corrected chi connectivity index (χ4v) is 0.518. The van der Waals surface area contributed by atoms with Gasteiger partial charge >= 0.3 is 5.97 Å².